The van der Waals surface area contributed by atoms with Gasteiger partial charge in [0.15, 0.2) is 0 Å². The van der Waals surface area contributed by atoms with Gasteiger partial charge in [0.25, 0.3) is 0 Å². The fraction of sp³-hybridized carbons (Fsp3) is 0.562. The topological polar surface area (TPSA) is 41.1 Å². The molecule has 0 aliphatic carbocycles. The monoisotopic (exact) mass is 260 g/mol. The molecule has 1 heterocycles. The number of amides is 1. The van der Waals surface area contributed by atoms with Crippen molar-refractivity contribution in [2.24, 2.45) is 5.41 Å². The minimum absolute atomic E-state index is 0.0465. The molecular formula is C16H24N2O. The summed E-state index contributed by atoms with van der Waals surface area (Å²) in [5, 5.41) is 6.38. The van der Waals surface area contributed by atoms with Gasteiger partial charge in [-0.3, -0.25) is 4.79 Å². The van der Waals surface area contributed by atoms with Crippen molar-refractivity contribution < 1.29 is 4.79 Å². The van der Waals surface area contributed by atoms with E-state index in [1.165, 1.54) is 16.7 Å². The molecule has 2 rings (SSSR count). The Balaban J connectivity index is 2.01. The number of aryl methyl sites for hydroxylation is 2. The van der Waals surface area contributed by atoms with Gasteiger partial charge in [0.1, 0.15) is 0 Å². The molecule has 1 aliphatic rings. The van der Waals surface area contributed by atoms with Gasteiger partial charge < -0.3 is 10.6 Å². The number of carbonyl (C=O) groups is 1. The lowest BCUT2D eigenvalue weighted by molar-refractivity contribution is -0.124. The summed E-state index contributed by atoms with van der Waals surface area (Å²) >= 11 is 0. The summed E-state index contributed by atoms with van der Waals surface area (Å²) < 4.78 is 0. The van der Waals surface area contributed by atoms with E-state index in [-0.39, 0.29) is 17.4 Å². The van der Waals surface area contributed by atoms with Crippen molar-refractivity contribution in [1.82, 2.24) is 10.6 Å². The van der Waals surface area contributed by atoms with Crippen LogP contribution in [0.3, 0.4) is 0 Å². The molecule has 3 nitrogen and oxygen atoms in total. The minimum Gasteiger partial charge on any atom is -0.351 e. The van der Waals surface area contributed by atoms with Crippen LogP contribution in [0.15, 0.2) is 18.2 Å². The van der Waals surface area contributed by atoms with Crippen LogP contribution in [0.2, 0.25) is 0 Å². The number of nitrogens with one attached hydrogen (secondary N) is 2. The van der Waals surface area contributed by atoms with Crippen molar-refractivity contribution in [3.63, 3.8) is 0 Å². The van der Waals surface area contributed by atoms with Crippen LogP contribution < -0.4 is 10.6 Å². The lowest BCUT2D eigenvalue weighted by Crippen LogP contribution is -2.46. The number of benzene rings is 1. The summed E-state index contributed by atoms with van der Waals surface area (Å²) in [6, 6.07) is 6.16. The summed E-state index contributed by atoms with van der Waals surface area (Å²) in [5.41, 5.74) is 3.75. The van der Waals surface area contributed by atoms with Crippen LogP contribution >= 0.6 is 0 Å². The largest absolute Gasteiger partial charge is 0.351 e. The molecule has 0 bridgehead atoms. The highest BCUT2D eigenvalue weighted by Gasteiger charge is 2.38. The van der Waals surface area contributed by atoms with E-state index in [0.29, 0.717) is 6.54 Å². The van der Waals surface area contributed by atoms with E-state index in [2.05, 4.69) is 56.5 Å². The number of rotatable bonds is 3. The zero-order chi connectivity index (χ0) is 14.0. The first-order chi connectivity index (χ1) is 8.92. The molecule has 1 aromatic rings. The third-order valence-corrected chi connectivity index (χ3v) is 4.25. The van der Waals surface area contributed by atoms with Crippen molar-refractivity contribution in [2.75, 3.05) is 6.54 Å². The molecule has 1 fully saturated rings. The van der Waals surface area contributed by atoms with E-state index < -0.39 is 0 Å². The standard InChI is InChI=1S/C16H24N2O/c1-11-6-5-7-12(2)13(11)10-18-15(19)14-16(3,4)8-9-17-14/h5-7,14,17H,8-10H2,1-4H3,(H,18,19)/t14-/m1/s1. The average Bonchev–Trinajstić information content (AvgIpc) is 2.68. The molecule has 0 spiro atoms. The highest BCUT2D eigenvalue weighted by atomic mass is 16.2. The van der Waals surface area contributed by atoms with Gasteiger partial charge in [0.2, 0.25) is 5.91 Å². The molecule has 2 N–H and O–H groups in total. The van der Waals surface area contributed by atoms with Gasteiger partial charge in [-0.05, 0) is 48.9 Å². The van der Waals surface area contributed by atoms with Crippen LogP contribution in [-0.4, -0.2) is 18.5 Å². The Kier molecular flexibility index (Phi) is 3.95. The van der Waals surface area contributed by atoms with Crippen molar-refractivity contribution in [3.8, 4) is 0 Å². The molecule has 3 heteroatoms. The lowest BCUT2D eigenvalue weighted by Gasteiger charge is -2.25. The molecule has 1 saturated heterocycles. The summed E-state index contributed by atoms with van der Waals surface area (Å²) in [4.78, 5) is 12.3. The van der Waals surface area contributed by atoms with E-state index in [9.17, 15) is 4.79 Å². The van der Waals surface area contributed by atoms with Crippen LogP contribution in [0.5, 0.6) is 0 Å². The van der Waals surface area contributed by atoms with Crippen LogP contribution in [-0.2, 0) is 11.3 Å². The molecule has 1 aromatic carbocycles. The predicted octanol–water partition coefficient (Wildman–Crippen LogP) is 2.31. The Morgan fingerprint density at radius 2 is 2.00 bits per heavy atom. The first-order valence-corrected chi connectivity index (χ1v) is 6.98. The molecule has 0 radical (unpaired) electrons. The Morgan fingerprint density at radius 1 is 1.37 bits per heavy atom. The van der Waals surface area contributed by atoms with Gasteiger partial charge in [-0.1, -0.05) is 32.0 Å². The van der Waals surface area contributed by atoms with Crippen molar-refractivity contribution in [2.45, 2.75) is 46.7 Å². The van der Waals surface area contributed by atoms with Gasteiger partial charge in [-0.15, -0.1) is 0 Å². The highest BCUT2D eigenvalue weighted by Crippen LogP contribution is 2.29. The molecule has 104 valence electrons. The van der Waals surface area contributed by atoms with Crippen LogP contribution in [0, 0.1) is 19.3 Å². The lowest BCUT2D eigenvalue weighted by atomic mass is 9.84. The number of hydrogen-bond acceptors (Lipinski definition) is 2. The summed E-state index contributed by atoms with van der Waals surface area (Å²) in [6.45, 7) is 10.0. The normalized spacial score (nSPS) is 21.4. The zero-order valence-electron chi connectivity index (χ0n) is 12.3. The van der Waals surface area contributed by atoms with Gasteiger partial charge in [-0.2, -0.15) is 0 Å². The van der Waals surface area contributed by atoms with E-state index in [4.69, 9.17) is 0 Å². The van der Waals surface area contributed by atoms with Crippen molar-refractivity contribution in [3.05, 3.63) is 34.9 Å². The molecule has 1 atom stereocenters. The van der Waals surface area contributed by atoms with E-state index in [1.54, 1.807) is 0 Å². The maximum atomic E-state index is 12.3. The van der Waals surface area contributed by atoms with Gasteiger partial charge in [0, 0.05) is 6.54 Å². The summed E-state index contributed by atoms with van der Waals surface area (Å²) in [7, 11) is 0. The third kappa shape index (κ3) is 2.98. The first-order valence-electron chi connectivity index (χ1n) is 6.98. The van der Waals surface area contributed by atoms with Crippen LogP contribution in [0.25, 0.3) is 0 Å². The van der Waals surface area contributed by atoms with Crippen LogP contribution in [0.1, 0.15) is 37.0 Å². The zero-order valence-corrected chi connectivity index (χ0v) is 12.3. The molecule has 1 amide bonds. The van der Waals surface area contributed by atoms with Gasteiger partial charge in [0.05, 0.1) is 6.04 Å². The molecule has 19 heavy (non-hydrogen) atoms. The Bertz CT molecular complexity index is 459. The molecular weight excluding hydrogens is 236 g/mol. The second-order valence-electron chi connectivity index (χ2n) is 6.21. The molecule has 0 aromatic heterocycles. The summed E-state index contributed by atoms with van der Waals surface area (Å²) in [6.07, 6.45) is 1.05. The Hall–Kier alpha value is -1.35. The summed E-state index contributed by atoms with van der Waals surface area (Å²) in [5.74, 6) is 0.116. The van der Waals surface area contributed by atoms with Crippen molar-refractivity contribution in [1.29, 1.82) is 0 Å². The second-order valence-corrected chi connectivity index (χ2v) is 6.21. The van der Waals surface area contributed by atoms with E-state index in [0.717, 1.165) is 13.0 Å². The second kappa shape index (κ2) is 5.33. The van der Waals surface area contributed by atoms with E-state index in [1.807, 2.05) is 0 Å². The maximum absolute atomic E-state index is 12.3. The molecule has 0 unspecified atom stereocenters. The molecule has 1 aliphatic heterocycles. The first kappa shape index (κ1) is 14.1. The average molecular weight is 260 g/mol. The number of carbonyl (C=O) groups excluding carboxylic acids is 1. The van der Waals surface area contributed by atoms with Crippen molar-refractivity contribution >= 4 is 5.91 Å². The quantitative estimate of drug-likeness (QED) is 0.875. The number of hydrogen-bond donors (Lipinski definition) is 2. The predicted molar refractivity (Wildman–Crippen MR) is 78.0 cm³/mol. The minimum atomic E-state index is -0.0724. The smallest absolute Gasteiger partial charge is 0.237 e. The Morgan fingerprint density at radius 3 is 2.53 bits per heavy atom. The maximum Gasteiger partial charge on any atom is 0.237 e. The van der Waals surface area contributed by atoms with E-state index >= 15 is 0 Å². The molecule has 0 saturated carbocycles. The van der Waals surface area contributed by atoms with Crippen LogP contribution in [0.4, 0.5) is 0 Å². The fourth-order valence-corrected chi connectivity index (χ4v) is 2.81. The fourth-order valence-electron chi connectivity index (χ4n) is 2.81. The third-order valence-electron chi connectivity index (χ3n) is 4.25. The van der Waals surface area contributed by atoms with Gasteiger partial charge >= 0.3 is 0 Å². The SMILES string of the molecule is Cc1cccc(C)c1CNC(=O)[C@H]1NCCC1(C)C. The van der Waals surface area contributed by atoms with Gasteiger partial charge in [-0.25, -0.2) is 0 Å². The highest BCUT2D eigenvalue weighted by molar-refractivity contribution is 5.83. The Labute approximate surface area is 115 Å².